The average molecular weight is 339 g/mol. The highest BCUT2D eigenvalue weighted by Crippen LogP contribution is 2.35. The molecule has 2 aromatic rings. The lowest BCUT2D eigenvalue weighted by molar-refractivity contribution is -0.385. The second-order valence-electron chi connectivity index (χ2n) is 4.82. The van der Waals surface area contributed by atoms with Crippen LogP contribution in [0.15, 0.2) is 33.2 Å². The number of nitrogens with zero attached hydrogens (tertiary/aromatic N) is 1. The maximum atomic E-state index is 11.0. The minimum atomic E-state index is -0.392. The van der Waals surface area contributed by atoms with Gasteiger partial charge in [-0.3, -0.25) is 10.1 Å². The fraction of sp³-hybridized carbons (Fsp3) is 0.286. The van der Waals surface area contributed by atoms with Crippen LogP contribution in [0, 0.1) is 17.0 Å². The molecule has 0 spiro atoms. The number of nitrogens with two attached hydrogens (primary N) is 1. The van der Waals surface area contributed by atoms with Crippen LogP contribution in [0.1, 0.15) is 18.2 Å². The molecule has 0 bridgehead atoms. The van der Waals surface area contributed by atoms with Gasteiger partial charge in [0.15, 0.2) is 0 Å². The van der Waals surface area contributed by atoms with E-state index in [4.69, 9.17) is 10.2 Å². The molecule has 5 nitrogen and oxygen atoms in total. The monoisotopic (exact) mass is 338 g/mol. The maximum Gasteiger partial charge on any atom is 0.273 e. The first-order valence-electron chi connectivity index (χ1n) is 6.17. The standard InChI is InChI=1S/C14H15BrN2O3/c1-8-5-12(15)11(7-13(8)17(18)19)14-4-3-10(20-14)6-9(2)16/h3-5,7,9H,6,16H2,1-2H3. The summed E-state index contributed by atoms with van der Waals surface area (Å²) in [6.45, 7) is 3.60. The van der Waals surface area contributed by atoms with Crippen LogP contribution in [0.5, 0.6) is 0 Å². The summed E-state index contributed by atoms with van der Waals surface area (Å²) >= 11 is 3.42. The first kappa shape index (κ1) is 14.7. The van der Waals surface area contributed by atoms with E-state index in [0.717, 1.165) is 10.2 Å². The molecule has 1 aromatic heterocycles. The Hall–Kier alpha value is -1.66. The second-order valence-corrected chi connectivity index (χ2v) is 5.68. The molecule has 2 N–H and O–H groups in total. The van der Waals surface area contributed by atoms with Crippen molar-refractivity contribution in [2.45, 2.75) is 26.3 Å². The number of nitro benzene ring substituents is 1. The number of hydrogen-bond donors (Lipinski definition) is 1. The lowest BCUT2D eigenvalue weighted by Crippen LogP contribution is -2.17. The summed E-state index contributed by atoms with van der Waals surface area (Å²) in [4.78, 5) is 10.6. The Morgan fingerprint density at radius 3 is 2.75 bits per heavy atom. The van der Waals surface area contributed by atoms with Gasteiger partial charge in [-0.2, -0.15) is 0 Å². The van der Waals surface area contributed by atoms with Crippen LogP contribution in [-0.2, 0) is 6.42 Å². The van der Waals surface area contributed by atoms with Crippen molar-refractivity contribution in [1.82, 2.24) is 0 Å². The van der Waals surface area contributed by atoms with E-state index in [1.807, 2.05) is 13.0 Å². The van der Waals surface area contributed by atoms with Crippen LogP contribution in [0.25, 0.3) is 11.3 Å². The van der Waals surface area contributed by atoms with Gasteiger partial charge >= 0.3 is 0 Å². The van der Waals surface area contributed by atoms with Crippen molar-refractivity contribution in [2.24, 2.45) is 5.73 Å². The van der Waals surface area contributed by atoms with E-state index in [1.165, 1.54) is 6.07 Å². The highest BCUT2D eigenvalue weighted by Gasteiger charge is 2.17. The fourth-order valence-electron chi connectivity index (χ4n) is 2.00. The van der Waals surface area contributed by atoms with Gasteiger partial charge in [0.25, 0.3) is 5.69 Å². The van der Waals surface area contributed by atoms with Gasteiger partial charge in [-0.05, 0) is 32.0 Å². The van der Waals surface area contributed by atoms with Gasteiger partial charge in [0.1, 0.15) is 11.5 Å². The van der Waals surface area contributed by atoms with Crippen LogP contribution in [0.2, 0.25) is 0 Å². The van der Waals surface area contributed by atoms with Gasteiger partial charge in [-0.1, -0.05) is 15.9 Å². The summed E-state index contributed by atoms with van der Waals surface area (Å²) in [5, 5.41) is 11.0. The summed E-state index contributed by atoms with van der Waals surface area (Å²) in [7, 11) is 0. The summed E-state index contributed by atoms with van der Waals surface area (Å²) in [6.07, 6.45) is 0.631. The van der Waals surface area contributed by atoms with Crippen molar-refractivity contribution < 1.29 is 9.34 Å². The molecule has 0 aliphatic carbocycles. The molecule has 1 aromatic carbocycles. The fourth-order valence-corrected chi connectivity index (χ4v) is 2.65. The number of halogens is 1. The third kappa shape index (κ3) is 3.08. The van der Waals surface area contributed by atoms with Gasteiger partial charge in [0.05, 0.1) is 4.92 Å². The van der Waals surface area contributed by atoms with Gasteiger partial charge in [-0.25, -0.2) is 0 Å². The van der Waals surface area contributed by atoms with Crippen molar-refractivity contribution in [3.05, 3.63) is 50.2 Å². The number of rotatable bonds is 4. The molecule has 0 fully saturated rings. The van der Waals surface area contributed by atoms with E-state index < -0.39 is 4.92 Å². The zero-order chi connectivity index (χ0) is 14.9. The molecule has 6 heteroatoms. The first-order valence-corrected chi connectivity index (χ1v) is 6.97. The van der Waals surface area contributed by atoms with Gasteiger partial charge in [0, 0.05) is 34.1 Å². The average Bonchev–Trinajstić information content (AvgIpc) is 2.75. The van der Waals surface area contributed by atoms with Crippen LogP contribution in [0.3, 0.4) is 0 Å². The van der Waals surface area contributed by atoms with Gasteiger partial charge in [-0.15, -0.1) is 0 Å². The number of aryl methyl sites for hydroxylation is 1. The summed E-state index contributed by atoms with van der Waals surface area (Å²) in [5.41, 5.74) is 7.07. The molecule has 0 radical (unpaired) electrons. The zero-order valence-electron chi connectivity index (χ0n) is 11.2. The van der Waals surface area contributed by atoms with Crippen molar-refractivity contribution >= 4 is 21.6 Å². The van der Waals surface area contributed by atoms with Crippen molar-refractivity contribution in [3.63, 3.8) is 0 Å². The Morgan fingerprint density at radius 1 is 1.45 bits per heavy atom. The van der Waals surface area contributed by atoms with Crippen LogP contribution in [0.4, 0.5) is 5.69 Å². The number of furan rings is 1. The topological polar surface area (TPSA) is 82.3 Å². The van der Waals surface area contributed by atoms with E-state index >= 15 is 0 Å². The highest BCUT2D eigenvalue weighted by molar-refractivity contribution is 9.10. The van der Waals surface area contributed by atoms with Crippen molar-refractivity contribution in [3.8, 4) is 11.3 Å². The van der Waals surface area contributed by atoms with E-state index in [2.05, 4.69) is 15.9 Å². The van der Waals surface area contributed by atoms with E-state index in [0.29, 0.717) is 23.3 Å². The predicted octanol–water partition coefficient (Wildman–Crippen LogP) is 3.82. The molecular weight excluding hydrogens is 324 g/mol. The van der Waals surface area contributed by atoms with Crippen LogP contribution in [-0.4, -0.2) is 11.0 Å². The highest BCUT2D eigenvalue weighted by atomic mass is 79.9. The number of hydrogen-bond acceptors (Lipinski definition) is 4. The van der Waals surface area contributed by atoms with Crippen molar-refractivity contribution in [1.29, 1.82) is 0 Å². The third-order valence-electron chi connectivity index (χ3n) is 2.93. The third-order valence-corrected chi connectivity index (χ3v) is 3.59. The molecule has 0 aliphatic heterocycles. The predicted molar refractivity (Wildman–Crippen MR) is 80.6 cm³/mol. The molecule has 2 rings (SSSR count). The molecule has 1 heterocycles. The summed E-state index contributed by atoms with van der Waals surface area (Å²) in [5.74, 6) is 1.36. The summed E-state index contributed by atoms with van der Waals surface area (Å²) < 4.78 is 6.47. The lowest BCUT2D eigenvalue weighted by atomic mass is 10.1. The Morgan fingerprint density at radius 2 is 2.15 bits per heavy atom. The quantitative estimate of drug-likeness (QED) is 0.678. The van der Waals surface area contributed by atoms with E-state index in [-0.39, 0.29) is 11.7 Å². The largest absolute Gasteiger partial charge is 0.461 e. The number of nitro groups is 1. The normalized spacial score (nSPS) is 12.4. The first-order chi connectivity index (χ1) is 9.38. The van der Waals surface area contributed by atoms with Gasteiger partial charge in [0.2, 0.25) is 0 Å². The molecule has 0 aliphatic rings. The minimum absolute atomic E-state index is 0.00444. The Balaban J connectivity index is 2.44. The second kappa shape index (κ2) is 5.76. The molecule has 0 saturated heterocycles. The molecular formula is C14H15BrN2O3. The zero-order valence-corrected chi connectivity index (χ0v) is 12.8. The van der Waals surface area contributed by atoms with E-state index in [9.17, 15) is 10.1 Å². The molecule has 20 heavy (non-hydrogen) atoms. The molecule has 1 unspecified atom stereocenters. The lowest BCUT2D eigenvalue weighted by Gasteiger charge is -2.05. The SMILES string of the molecule is Cc1cc(Br)c(-c2ccc(CC(C)N)o2)cc1[N+](=O)[O-]. The van der Waals surface area contributed by atoms with Gasteiger partial charge < -0.3 is 10.2 Å². The minimum Gasteiger partial charge on any atom is -0.461 e. The van der Waals surface area contributed by atoms with Crippen LogP contribution < -0.4 is 5.73 Å². The molecule has 0 saturated carbocycles. The molecule has 106 valence electrons. The van der Waals surface area contributed by atoms with Crippen molar-refractivity contribution in [2.75, 3.05) is 0 Å². The Labute approximate surface area is 125 Å². The Bertz CT molecular complexity index is 650. The summed E-state index contributed by atoms with van der Waals surface area (Å²) in [6, 6.07) is 6.90. The van der Waals surface area contributed by atoms with Crippen LogP contribution >= 0.6 is 15.9 Å². The number of benzene rings is 1. The maximum absolute atomic E-state index is 11.0. The Kier molecular flexibility index (Phi) is 4.25. The molecule has 1 atom stereocenters. The smallest absolute Gasteiger partial charge is 0.273 e. The molecule has 0 amide bonds. The van der Waals surface area contributed by atoms with E-state index in [1.54, 1.807) is 19.1 Å².